The van der Waals surface area contributed by atoms with Crippen LogP contribution >= 0.6 is 11.3 Å². The van der Waals surface area contributed by atoms with Crippen LogP contribution in [0.25, 0.3) is 10.1 Å². The van der Waals surface area contributed by atoms with Crippen molar-refractivity contribution >= 4 is 21.4 Å². The molecule has 3 nitrogen and oxygen atoms in total. The lowest BCUT2D eigenvalue weighted by Gasteiger charge is -2.02. The maximum Gasteiger partial charge on any atom is 0.157 e. The monoisotopic (exact) mass is 272 g/mol. The van der Waals surface area contributed by atoms with Crippen molar-refractivity contribution in [2.24, 2.45) is 0 Å². The van der Waals surface area contributed by atoms with Gasteiger partial charge in [-0.15, -0.1) is 11.3 Å². The van der Waals surface area contributed by atoms with E-state index in [9.17, 15) is 0 Å². The van der Waals surface area contributed by atoms with Crippen molar-refractivity contribution in [3.8, 4) is 5.75 Å². The van der Waals surface area contributed by atoms with Crippen molar-refractivity contribution in [3.63, 3.8) is 0 Å². The van der Waals surface area contributed by atoms with Crippen LogP contribution in [0.1, 0.15) is 18.9 Å². The molecule has 0 bridgehead atoms. The molecule has 0 spiro atoms. The third kappa shape index (κ3) is 2.63. The van der Waals surface area contributed by atoms with Gasteiger partial charge in [-0.05, 0) is 23.3 Å². The number of thiophene rings is 1. The van der Waals surface area contributed by atoms with Gasteiger partial charge >= 0.3 is 0 Å². The molecule has 4 heteroatoms. The Labute approximate surface area is 116 Å². The van der Waals surface area contributed by atoms with Gasteiger partial charge in [0.05, 0.1) is 12.4 Å². The van der Waals surface area contributed by atoms with Gasteiger partial charge in [-0.3, -0.25) is 4.68 Å². The molecular weight excluding hydrogens is 256 g/mol. The molecule has 0 atom stereocenters. The molecule has 0 radical (unpaired) electrons. The fraction of sp³-hybridized carbons (Fsp3) is 0.267. The van der Waals surface area contributed by atoms with E-state index in [4.69, 9.17) is 4.74 Å². The van der Waals surface area contributed by atoms with E-state index in [1.54, 1.807) is 17.5 Å². The summed E-state index contributed by atoms with van der Waals surface area (Å²) in [7, 11) is 0. The van der Waals surface area contributed by atoms with E-state index in [-0.39, 0.29) is 0 Å². The number of hydrogen-bond donors (Lipinski definition) is 0. The number of nitrogens with zero attached hydrogens (tertiary/aromatic N) is 2. The van der Waals surface area contributed by atoms with Gasteiger partial charge < -0.3 is 4.74 Å². The van der Waals surface area contributed by atoms with Gasteiger partial charge in [0, 0.05) is 16.8 Å². The van der Waals surface area contributed by atoms with Gasteiger partial charge in [-0.2, -0.15) is 5.10 Å². The lowest BCUT2D eigenvalue weighted by Crippen LogP contribution is -1.96. The summed E-state index contributed by atoms with van der Waals surface area (Å²) in [6.07, 6.45) is 4.82. The molecule has 0 saturated heterocycles. The Morgan fingerprint density at radius 1 is 1.32 bits per heavy atom. The summed E-state index contributed by atoms with van der Waals surface area (Å²) in [5.74, 6) is 0.837. The third-order valence-electron chi connectivity index (χ3n) is 3.02. The molecule has 0 N–H and O–H groups in total. The minimum atomic E-state index is 0.599. The standard InChI is InChI=1S/C15H16N2OS/c1-2-7-17-9-13(8-16-17)18-10-12-11-19-15-6-4-3-5-14(12)15/h3-6,8-9,11H,2,7,10H2,1H3. The molecule has 0 aliphatic carbocycles. The van der Waals surface area contributed by atoms with Crippen molar-refractivity contribution in [3.05, 3.63) is 47.6 Å². The zero-order valence-electron chi connectivity index (χ0n) is 10.9. The topological polar surface area (TPSA) is 27.1 Å². The number of benzene rings is 1. The highest BCUT2D eigenvalue weighted by Gasteiger charge is 2.05. The van der Waals surface area contributed by atoms with Crippen LogP contribution in [0.15, 0.2) is 42.0 Å². The highest BCUT2D eigenvalue weighted by atomic mass is 32.1. The maximum atomic E-state index is 5.81. The smallest absolute Gasteiger partial charge is 0.157 e. The van der Waals surface area contributed by atoms with Crippen LogP contribution in [0.3, 0.4) is 0 Å². The van der Waals surface area contributed by atoms with Gasteiger partial charge in [-0.1, -0.05) is 25.1 Å². The van der Waals surface area contributed by atoms with Crippen LogP contribution in [0.5, 0.6) is 5.75 Å². The molecule has 19 heavy (non-hydrogen) atoms. The first kappa shape index (κ1) is 12.2. The van der Waals surface area contributed by atoms with Crippen molar-refractivity contribution < 1.29 is 4.74 Å². The fourth-order valence-electron chi connectivity index (χ4n) is 2.08. The molecule has 98 valence electrons. The number of rotatable bonds is 5. The molecule has 0 amide bonds. The summed E-state index contributed by atoms with van der Waals surface area (Å²) in [4.78, 5) is 0. The predicted octanol–water partition coefficient (Wildman–Crippen LogP) is 4.09. The first-order valence-electron chi connectivity index (χ1n) is 6.47. The number of aromatic nitrogens is 2. The molecule has 2 heterocycles. The minimum Gasteiger partial charge on any atom is -0.486 e. The van der Waals surface area contributed by atoms with Crippen LogP contribution in [-0.4, -0.2) is 9.78 Å². The number of fused-ring (bicyclic) bond motifs is 1. The zero-order chi connectivity index (χ0) is 13.1. The van der Waals surface area contributed by atoms with Gasteiger partial charge in [0.2, 0.25) is 0 Å². The molecule has 0 fully saturated rings. The van der Waals surface area contributed by atoms with E-state index in [1.807, 2.05) is 10.9 Å². The Morgan fingerprint density at radius 3 is 3.11 bits per heavy atom. The normalized spacial score (nSPS) is 11.0. The van der Waals surface area contributed by atoms with Gasteiger partial charge in [0.25, 0.3) is 0 Å². The van der Waals surface area contributed by atoms with E-state index in [0.29, 0.717) is 6.61 Å². The highest BCUT2D eigenvalue weighted by molar-refractivity contribution is 7.17. The molecule has 3 rings (SSSR count). The molecule has 3 aromatic rings. The van der Waals surface area contributed by atoms with Crippen LogP contribution in [-0.2, 0) is 13.2 Å². The SMILES string of the molecule is CCCn1cc(OCc2csc3ccccc23)cn1. The van der Waals surface area contributed by atoms with Gasteiger partial charge in [0.15, 0.2) is 5.75 Å². The van der Waals surface area contributed by atoms with E-state index in [2.05, 4.69) is 41.7 Å². The largest absolute Gasteiger partial charge is 0.486 e. The van der Waals surface area contributed by atoms with E-state index >= 15 is 0 Å². The predicted molar refractivity (Wildman–Crippen MR) is 78.7 cm³/mol. The third-order valence-corrected chi connectivity index (χ3v) is 4.03. The average molecular weight is 272 g/mol. The van der Waals surface area contributed by atoms with Gasteiger partial charge in [0.1, 0.15) is 6.61 Å². The van der Waals surface area contributed by atoms with E-state index < -0.39 is 0 Å². The lowest BCUT2D eigenvalue weighted by molar-refractivity contribution is 0.307. The molecule has 1 aromatic carbocycles. The first-order chi connectivity index (χ1) is 9.36. The lowest BCUT2D eigenvalue weighted by atomic mass is 10.2. The Morgan fingerprint density at radius 2 is 2.21 bits per heavy atom. The van der Waals surface area contributed by atoms with Crippen molar-refractivity contribution in [1.82, 2.24) is 9.78 Å². The average Bonchev–Trinajstić information content (AvgIpc) is 3.04. The quantitative estimate of drug-likeness (QED) is 0.699. The summed E-state index contributed by atoms with van der Waals surface area (Å²) in [6.45, 7) is 3.67. The summed E-state index contributed by atoms with van der Waals surface area (Å²) in [6, 6.07) is 8.42. The van der Waals surface area contributed by atoms with Crippen molar-refractivity contribution in [1.29, 1.82) is 0 Å². The fourth-order valence-corrected chi connectivity index (χ4v) is 3.02. The molecule has 0 saturated carbocycles. The number of ether oxygens (including phenoxy) is 1. The second kappa shape index (κ2) is 5.45. The van der Waals surface area contributed by atoms with Crippen molar-refractivity contribution in [2.45, 2.75) is 26.5 Å². The Bertz CT molecular complexity index is 671. The molecular formula is C15H16N2OS. The first-order valence-corrected chi connectivity index (χ1v) is 7.35. The second-order valence-corrected chi connectivity index (χ2v) is 5.40. The zero-order valence-corrected chi connectivity index (χ0v) is 11.7. The molecule has 2 aromatic heterocycles. The Kier molecular flexibility index (Phi) is 3.51. The van der Waals surface area contributed by atoms with Crippen LogP contribution in [0.4, 0.5) is 0 Å². The van der Waals surface area contributed by atoms with Gasteiger partial charge in [-0.25, -0.2) is 0 Å². The van der Waals surface area contributed by atoms with Crippen LogP contribution < -0.4 is 4.74 Å². The van der Waals surface area contributed by atoms with E-state index in [1.165, 1.54) is 15.6 Å². The highest BCUT2D eigenvalue weighted by Crippen LogP contribution is 2.26. The number of aryl methyl sites for hydroxylation is 1. The Hall–Kier alpha value is -1.81. The van der Waals surface area contributed by atoms with Crippen molar-refractivity contribution in [2.75, 3.05) is 0 Å². The Balaban J connectivity index is 1.71. The van der Waals surface area contributed by atoms with E-state index in [0.717, 1.165) is 18.7 Å². The molecule has 0 unspecified atom stereocenters. The summed E-state index contributed by atoms with van der Waals surface area (Å²) < 4.78 is 9.03. The summed E-state index contributed by atoms with van der Waals surface area (Å²) >= 11 is 1.76. The number of hydrogen-bond acceptors (Lipinski definition) is 3. The summed E-state index contributed by atoms with van der Waals surface area (Å²) in [5, 5.41) is 7.72. The molecule has 0 aliphatic heterocycles. The van der Waals surface area contributed by atoms with Crippen LogP contribution in [0.2, 0.25) is 0 Å². The maximum absolute atomic E-state index is 5.81. The minimum absolute atomic E-state index is 0.599. The molecule has 0 aliphatic rings. The van der Waals surface area contributed by atoms with Crippen LogP contribution in [0, 0.1) is 0 Å². The second-order valence-electron chi connectivity index (χ2n) is 4.48. The summed E-state index contributed by atoms with van der Waals surface area (Å²) in [5.41, 5.74) is 1.24.